The molecule has 1 atom stereocenters. The van der Waals surface area contributed by atoms with Gasteiger partial charge in [-0.05, 0) is 41.5 Å². The van der Waals surface area contributed by atoms with E-state index in [9.17, 15) is 14.7 Å². The fraction of sp³-hybridized carbons (Fsp3) is 0.280. The van der Waals surface area contributed by atoms with E-state index in [0.717, 1.165) is 22.0 Å². The molecule has 2 saturated heterocycles. The van der Waals surface area contributed by atoms with Crippen LogP contribution in [0, 0.1) is 0 Å². The van der Waals surface area contributed by atoms with Crippen molar-refractivity contribution >= 4 is 28.4 Å². The van der Waals surface area contributed by atoms with Gasteiger partial charge in [-0.25, -0.2) is 9.69 Å². The number of urea groups is 1. The molecule has 2 aliphatic heterocycles. The molecule has 7 heteroatoms. The number of nitrogens with one attached hydrogen (secondary N) is 1. The maximum atomic E-state index is 13.4. The lowest BCUT2D eigenvalue weighted by Crippen LogP contribution is -2.51. The summed E-state index contributed by atoms with van der Waals surface area (Å²) < 4.78 is 0. The van der Waals surface area contributed by atoms with Gasteiger partial charge in [0.2, 0.25) is 0 Å². The van der Waals surface area contributed by atoms with Crippen LogP contribution in [0.5, 0.6) is 5.75 Å². The van der Waals surface area contributed by atoms with E-state index >= 15 is 0 Å². The Bertz CT molecular complexity index is 1190. The molecule has 0 bridgehead atoms. The largest absolute Gasteiger partial charge is 0.506 e. The van der Waals surface area contributed by atoms with Crippen LogP contribution in [0.3, 0.4) is 0 Å². The number of benzene rings is 3. The van der Waals surface area contributed by atoms with Crippen molar-refractivity contribution in [1.82, 2.24) is 15.1 Å². The van der Waals surface area contributed by atoms with Gasteiger partial charge in [-0.3, -0.25) is 9.69 Å². The average Bonchev–Trinajstić information content (AvgIpc) is 3.03. The fourth-order valence-corrected chi connectivity index (χ4v) is 4.58. The molecule has 0 unspecified atom stereocenters. The second kappa shape index (κ2) is 7.84. The number of phenols is 1. The van der Waals surface area contributed by atoms with E-state index in [1.165, 1.54) is 4.90 Å². The number of rotatable bonds is 4. The van der Waals surface area contributed by atoms with Crippen LogP contribution in [0.2, 0.25) is 0 Å². The lowest BCUT2D eigenvalue weighted by atomic mass is 9.90. The van der Waals surface area contributed by atoms with Gasteiger partial charge in [0.15, 0.2) is 0 Å². The fourth-order valence-electron chi connectivity index (χ4n) is 4.58. The average molecular weight is 431 g/mol. The Labute approximate surface area is 186 Å². The number of piperazine rings is 1. The highest BCUT2D eigenvalue weighted by Gasteiger charge is 2.49. The van der Waals surface area contributed by atoms with Crippen LogP contribution in [0.15, 0.2) is 66.7 Å². The van der Waals surface area contributed by atoms with Crippen molar-refractivity contribution < 1.29 is 14.7 Å². The molecule has 0 aliphatic carbocycles. The zero-order valence-corrected chi connectivity index (χ0v) is 18.0. The third-order valence-corrected chi connectivity index (χ3v) is 6.54. The first kappa shape index (κ1) is 20.3. The molecule has 164 valence electrons. The normalized spacial score (nSPS) is 21.9. The zero-order chi connectivity index (χ0) is 22.3. The number of carbonyl (C=O) groups is 2. The Morgan fingerprint density at radius 3 is 2.34 bits per heavy atom. The number of hydrogen-bond donors (Lipinski definition) is 2. The molecule has 2 heterocycles. The molecule has 5 rings (SSSR count). The second-order valence-electron chi connectivity index (χ2n) is 8.59. The first-order chi connectivity index (χ1) is 15.5. The summed E-state index contributed by atoms with van der Waals surface area (Å²) in [6.45, 7) is 4.83. The molecule has 7 nitrogen and oxygen atoms in total. The van der Waals surface area contributed by atoms with Crippen molar-refractivity contribution in [1.29, 1.82) is 0 Å². The molecule has 0 spiro atoms. The summed E-state index contributed by atoms with van der Waals surface area (Å²) in [4.78, 5) is 31.6. The molecule has 0 radical (unpaired) electrons. The first-order valence-electron chi connectivity index (χ1n) is 10.8. The Kier molecular flexibility index (Phi) is 4.98. The number of phenolic OH excluding ortho intramolecular Hbond substituents is 1. The van der Waals surface area contributed by atoms with Gasteiger partial charge in [0.05, 0.1) is 12.4 Å². The molecule has 3 amide bonds. The van der Waals surface area contributed by atoms with Crippen LogP contribution in [-0.4, -0.2) is 59.7 Å². The molecule has 0 saturated carbocycles. The number of nitrogens with zero attached hydrogens (tertiary/aromatic N) is 3. The number of aromatic hydroxyl groups is 1. The monoisotopic (exact) mass is 430 g/mol. The topological polar surface area (TPSA) is 76.1 Å². The van der Waals surface area contributed by atoms with Crippen molar-refractivity contribution in [2.75, 3.05) is 37.7 Å². The Balaban J connectivity index is 1.29. The van der Waals surface area contributed by atoms with Gasteiger partial charge >= 0.3 is 6.03 Å². The molecule has 2 fully saturated rings. The number of amides is 3. The van der Waals surface area contributed by atoms with E-state index in [4.69, 9.17) is 0 Å². The highest BCUT2D eigenvalue weighted by atomic mass is 16.3. The van der Waals surface area contributed by atoms with Crippen LogP contribution < -0.4 is 10.2 Å². The van der Waals surface area contributed by atoms with Crippen molar-refractivity contribution in [3.8, 4) is 5.75 Å². The molecule has 0 aromatic heterocycles. The Morgan fingerprint density at radius 2 is 1.59 bits per heavy atom. The number of para-hydroxylation sites is 2. The highest BCUT2D eigenvalue weighted by Crippen LogP contribution is 2.32. The van der Waals surface area contributed by atoms with Gasteiger partial charge in [0.25, 0.3) is 5.91 Å². The summed E-state index contributed by atoms with van der Waals surface area (Å²) in [5.41, 5.74) is 0.506. The van der Waals surface area contributed by atoms with Crippen LogP contribution in [0.1, 0.15) is 12.5 Å². The number of fused-ring (bicyclic) bond motifs is 1. The molecule has 3 aromatic carbocycles. The van der Waals surface area contributed by atoms with Crippen LogP contribution in [0.4, 0.5) is 10.5 Å². The van der Waals surface area contributed by atoms with Gasteiger partial charge in [0, 0.05) is 26.2 Å². The van der Waals surface area contributed by atoms with E-state index in [1.54, 1.807) is 19.1 Å². The van der Waals surface area contributed by atoms with Crippen molar-refractivity contribution in [3.63, 3.8) is 0 Å². The summed E-state index contributed by atoms with van der Waals surface area (Å²) in [7, 11) is 0. The number of imide groups is 1. The van der Waals surface area contributed by atoms with E-state index in [0.29, 0.717) is 26.2 Å². The van der Waals surface area contributed by atoms with Gasteiger partial charge in [-0.15, -0.1) is 0 Å². The molecule has 2 N–H and O–H groups in total. The Morgan fingerprint density at radius 1 is 0.906 bits per heavy atom. The SMILES string of the molecule is C[C@]1(c2ccc3ccccc3c2)NC(=O)N(CN2CCN(c3ccccc3O)CC2)C1=O. The summed E-state index contributed by atoms with van der Waals surface area (Å²) in [5.74, 6) is 0.0297. The van der Waals surface area contributed by atoms with Crippen LogP contribution in [0.25, 0.3) is 10.8 Å². The molecule has 3 aromatic rings. The number of anilines is 1. The maximum Gasteiger partial charge on any atom is 0.326 e. The first-order valence-corrected chi connectivity index (χ1v) is 10.8. The minimum atomic E-state index is -1.08. The van der Waals surface area contributed by atoms with Gasteiger partial charge in [-0.2, -0.15) is 0 Å². The molecular formula is C25H26N4O3. The molecular weight excluding hydrogens is 404 g/mol. The third-order valence-electron chi connectivity index (χ3n) is 6.54. The standard InChI is InChI=1S/C25H26N4O3/c1-25(20-11-10-18-6-2-3-7-19(18)16-20)23(31)29(24(32)26-25)17-27-12-14-28(15-13-27)21-8-4-5-9-22(21)30/h2-11,16,30H,12-15,17H2,1H3,(H,26,32)/t25-/m1/s1. The van der Waals surface area contributed by atoms with E-state index < -0.39 is 5.54 Å². The molecule has 2 aliphatic rings. The minimum Gasteiger partial charge on any atom is -0.506 e. The van der Waals surface area contributed by atoms with Gasteiger partial charge < -0.3 is 15.3 Å². The van der Waals surface area contributed by atoms with Crippen molar-refractivity contribution in [2.24, 2.45) is 0 Å². The number of hydrogen-bond acceptors (Lipinski definition) is 5. The zero-order valence-electron chi connectivity index (χ0n) is 18.0. The van der Waals surface area contributed by atoms with E-state index in [2.05, 4.69) is 15.1 Å². The second-order valence-corrected chi connectivity index (χ2v) is 8.59. The van der Waals surface area contributed by atoms with Gasteiger partial charge in [-0.1, -0.05) is 48.5 Å². The van der Waals surface area contributed by atoms with Gasteiger partial charge in [0.1, 0.15) is 11.3 Å². The summed E-state index contributed by atoms with van der Waals surface area (Å²) in [6, 6.07) is 20.8. The lowest BCUT2D eigenvalue weighted by molar-refractivity contribution is -0.132. The van der Waals surface area contributed by atoms with E-state index in [1.807, 2.05) is 54.6 Å². The van der Waals surface area contributed by atoms with E-state index in [-0.39, 0.29) is 24.4 Å². The highest BCUT2D eigenvalue weighted by molar-refractivity contribution is 6.07. The smallest absolute Gasteiger partial charge is 0.326 e. The quantitative estimate of drug-likeness (QED) is 0.622. The Hall–Kier alpha value is -3.58. The maximum absolute atomic E-state index is 13.4. The lowest BCUT2D eigenvalue weighted by Gasteiger charge is -2.37. The summed E-state index contributed by atoms with van der Waals surface area (Å²) in [6.07, 6.45) is 0. The summed E-state index contributed by atoms with van der Waals surface area (Å²) in [5, 5.41) is 15.1. The predicted molar refractivity (Wildman–Crippen MR) is 123 cm³/mol. The van der Waals surface area contributed by atoms with Crippen LogP contribution in [-0.2, 0) is 10.3 Å². The third kappa shape index (κ3) is 3.44. The van der Waals surface area contributed by atoms with Crippen molar-refractivity contribution in [2.45, 2.75) is 12.5 Å². The van der Waals surface area contributed by atoms with Crippen molar-refractivity contribution in [3.05, 3.63) is 72.3 Å². The molecule has 32 heavy (non-hydrogen) atoms. The summed E-state index contributed by atoms with van der Waals surface area (Å²) >= 11 is 0. The minimum absolute atomic E-state index is 0.235. The van der Waals surface area contributed by atoms with Crippen LogP contribution >= 0.6 is 0 Å². The number of carbonyl (C=O) groups excluding carboxylic acids is 2. The predicted octanol–water partition coefficient (Wildman–Crippen LogP) is 3.09.